The number of nitrogens with one attached hydrogen (secondary N) is 1. The van der Waals surface area contributed by atoms with Gasteiger partial charge in [0.25, 0.3) is 0 Å². The predicted octanol–water partition coefficient (Wildman–Crippen LogP) is 2.62. The van der Waals surface area contributed by atoms with Crippen LogP contribution in [-0.2, 0) is 9.53 Å². The number of anilines is 1. The molecule has 108 valence electrons. The highest BCUT2D eigenvalue weighted by Crippen LogP contribution is 2.27. The van der Waals surface area contributed by atoms with Crippen LogP contribution >= 0.6 is 0 Å². The molecule has 0 fully saturated rings. The lowest BCUT2D eigenvalue weighted by Gasteiger charge is -2.11. The molecule has 0 unspecified atom stereocenters. The molecule has 6 nitrogen and oxygen atoms in total. The molecule has 0 bridgehead atoms. The van der Waals surface area contributed by atoms with Crippen LogP contribution < -0.4 is 5.32 Å². The second-order valence-electron chi connectivity index (χ2n) is 4.34. The fraction of sp³-hybridized carbons (Fsp3) is 0.500. The summed E-state index contributed by atoms with van der Waals surface area (Å²) < 4.78 is 9.92. The standard InChI is InChI=1S/C14H18N2O4/c1-5-9(6-2)12(17)16-13-10(7-15)11(8(3)20-13)14(18)19-4/h9H,5-6H2,1-4H3,(H,16,17). The number of methoxy groups -OCH3 is 1. The Balaban J connectivity index is 3.12. The molecule has 0 aliphatic carbocycles. The Morgan fingerprint density at radius 1 is 1.40 bits per heavy atom. The SMILES string of the molecule is CCC(CC)C(=O)Nc1oc(C)c(C(=O)OC)c1C#N. The van der Waals surface area contributed by atoms with Crippen molar-refractivity contribution < 1.29 is 18.7 Å². The van der Waals surface area contributed by atoms with Crippen molar-refractivity contribution in [2.45, 2.75) is 33.6 Å². The molecule has 1 heterocycles. The van der Waals surface area contributed by atoms with Crippen LogP contribution in [0.1, 0.15) is 48.4 Å². The zero-order valence-electron chi connectivity index (χ0n) is 12.1. The van der Waals surface area contributed by atoms with Crippen LogP contribution in [-0.4, -0.2) is 19.0 Å². The topological polar surface area (TPSA) is 92.3 Å². The summed E-state index contributed by atoms with van der Waals surface area (Å²) in [5, 5.41) is 11.7. The molecule has 0 radical (unpaired) electrons. The van der Waals surface area contributed by atoms with Crippen molar-refractivity contribution >= 4 is 17.8 Å². The van der Waals surface area contributed by atoms with Gasteiger partial charge in [0.2, 0.25) is 11.8 Å². The Morgan fingerprint density at radius 3 is 2.45 bits per heavy atom. The van der Waals surface area contributed by atoms with Crippen LogP contribution in [0.15, 0.2) is 4.42 Å². The molecule has 1 amide bonds. The zero-order valence-corrected chi connectivity index (χ0v) is 12.1. The number of carbonyl (C=O) groups excluding carboxylic acids is 2. The molecule has 0 aliphatic rings. The van der Waals surface area contributed by atoms with Crippen LogP contribution in [0.25, 0.3) is 0 Å². The summed E-state index contributed by atoms with van der Waals surface area (Å²) in [5.41, 5.74) is 0.0449. The molecule has 6 heteroatoms. The van der Waals surface area contributed by atoms with Crippen LogP contribution in [0.5, 0.6) is 0 Å². The molecule has 0 spiro atoms. The van der Waals surface area contributed by atoms with E-state index < -0.39 is 5.97 Å². The highest BCUT2D eigenvalue weighted by atomic mass is 16.5. The second-order valence-corrected chi connectivity index (χ2v) is 4.34. The highest BCUT2D eigenvalue weighted by Gasteiger charge is 2.26. The van der Waals surface area contributed by atoms with E-state index in [-0.39, 0.29) is 34.6 Å². The lowest BCUT2D eigenvalue weighted by molar-refractivity contribution is -0.120. The number of rotatable bonds is 5. The van der Waals surface area contributed by atoms with Gasteiger partial charge in [0.15, 0.2) is 0 Å². The molecule has 1 N–H and O–H groups in total. The van der Waals surface area contributed by atoms with Crippen molar-refractivity contribution in [1.82, 2.24) is 0 Å². The maximum Gasteiger partial charge on any atom is 0.342 e. The summed E-state index contributed by atoms with van der Waals surface area (Å²) >= 11 is 0. The summed E-state index contributed by atoms with van der Waals surface area (Å²) in [6.45, 7) is 5.36. The van der Waals surface area contributed by atoms with Crippen molar-refractivity contribution in [2.75, 3.05) is 12.4 Å². The van der Waals surface area contributed by atoms with Crippen molar-refractivity contribution in [2.24, 2.45) is 5.92 Å². The van der Waals surface area contributed by atoms with Gasteiger partial charge in [-0.1, -0.05) is 13.8 Å². The number of nitriles is 1. The van der Waals surface area contributed by atoms with E-state index in [1.54, 1.807) is 6.92 Å². The molecule has 0 saturated carbocycles. The summed E-state index contributed by atoms with van der Waals surface area (Å²) in [7, 11) is 1.22. The lowest BCUT2D eigenvalue weighted by Crippen LogP contribution is -2.21. The number of ether oxygens (including phenoxy) is 1. The Morgan fingerprint density at radius 2 is 2.00 bits per heavy atom. The fourth-order valence-electron chi connectivity index (χ4n) is 1.96. The number of amides is 1. The summed E-state index contributed by atoms with van der Waals surface area (Å²) in [6, 6.07) is 1.87. The Labute approximate surface area is 117 Å². The van der Waals surface area contributed by atoms with Crippen molar-refractivity contribution in [3.8, 4) is 6.07 Å². The smallest absolute Gasteiger partial charge is 0.342 e. The van der Waals surface area contributed by atoms with E-state index in [0.717, 1.165) is 0 Å². The Bertz CT molecular complexity index is 550. The van der Waals surface area contributed by atoms with E-state index in [1.807, 2.05) is 19.9 Å². The average Bonchev–Trinajstić information content (AvgIpc) is 2.74. The Kier molecular flexibility index (Phi) is 5.32. The van der Waals surface area contributed by atoms with Gasteiger partial charge in [0.05, 0.1) is 7.11 Å². The Hall–Kier alpha value is -2.29. The second kappa shape index (κ2) is 6.75. The number of hydrogen-bond donors (Lipinski definition) is 1. The van der Waals surface area contributed by atoms with E-state index >= 15 is 0 Å². The molecule has 1 aromatic rings. The number of carbonyl (C=O) groups is 2. The third-order valence-corrected chi connectivity index (χ3v) is 3.18. The van der Waals surface area contributed by atoms with Crippen LogP contribution in [0.2, 0.25) is 0 Å². The minimum Gasteiger partial charge on any atom is -0.465 e. The molecule has 1 aromatic heterocycles. The molecule has 1 rings (SSSR count). The number of nitrogens with zero attached hydrogens (tertiary/aromatic N) is 1. The molecule has 0 aromatic carbocycles. The molecule has 0 saturated heterocycles. The first-order valence-electron chi connectivity index (χ1n) is 6.42. The number of aryl methyl sites for hydroxylation is 1. The van der Waals surface area contributed by atoms with Gasteiger partial charge in [-0.15, -0.1) is 0 Å². The minimum absolute atomic E-state index is 0.00213. The molecule has 0 aliphatic heterocycles. The molecular formula is C14H18N2O4. The van der Waals surface area contributed by atoms with Gasteiger partial charge in [-0.05, 0) is 19.8 Å². The van der Waals surface area contributed by atoms with Crippen molar-refractivity contribution in [1.29, 1.82) is 5.26 Å². The van der Waals surface area contributed by atoms with Gasteiger partial charge in [-0.3, -0.25) is 10.1 Å². The minimum atomic E-state index is -0.661. The maximum absolute atomic E-state index is 12.0. The van der Waals surface area contributed by atoms with E-state index in [2.05, 4.69) is 10.1 Å². The van der Waals surface area contributed by atoms with Gasteiger partial charge in [-0.25, -0.2) is 4.79 Å². The first-order valence-corrected chi connectivity index (χ1v) is 6.42. The van der Waals surface area contributed by atoms with Gasteiger partial charge in [0.1, 0.15) is 23.0 Å². The van der Waals surface area contributed by atoms with E-state index in [1.165, 1.54) is 7.11 Å². The van der Waals surface area contributed by atoms with E-state index in [4.69, 9.17) is 9.68 Å². The average molecular weight is 278 g/mol. The third-order valence-electron chi connectivity index (χ3n) is 3.18. The van der Waals surface area contributed by atoms with E-state index in [9.17, 15) is 9.59 Å². The van der Waals surface area contributed by atoms with Crippen LogP contribution in [0.4, 0.5) is 5.88 Å². The molecular weight excluding hydrogens is 260 g/mol. The monoisotopic (exact) mass is 278 g/mol. The maximum atomic E-state index is 12.0. The fourth-order valence-corrected chi connectivity index (χ4v) is 1.96. The molecule has 20 heavy (non-hydrogen) atoms. The predicted molar refractivity (Wildman–Crippen MR) is 72.2 cm³/mol. The quantitative estimate of drug-likeness (QED) is 0.836. The van der Waals surface area contributed by atoms with Gasteiger partial charge < -0.3 is 9.15 Å². The lowest BCUT2D eigenvalue weighted by atomic mass is 10.0. The molecule has 0 atom stereocenters. The van der Waals surface area contributed by atoms with Crippen molar-refractivity contribution in [3.05, 3.63) is 16.9 Å². The van der Waals surface area contributed by atoms with Crippen LogP contribution in [0, 0.1) is 24.2 Å². The van der Waals surface area contributed by atoms with Crippen molar-refractivity contribution in [3.63, 3.8) is 0 Å². The van der Waals surface area contributed by atoms with Gasteiger partial charge in [0, 0.05) is 5.92 Å². The number of hydrogen-bond acceptors (Lipinski definition) is 5. The first kappa shape index (κ1) is 15.8. The normalized spacial score (nSPS) is 10.2. The number of esters is 1. The summed E-state index contributed by atoms with van der Waals surface area (Å²) in [6.07, 6.45) is 1.38. The first-order chi connectivity index (χ1) is 9.49. The van der Waals surface area contributed by atoms with Gasteiger partial charge >= 0.3 is 5.97 Å². The zero-order chi connectivity index (χ0) is 15.3. The summed E-state index contributed by atoms with van der Waals surface area (Å²) in [4.78, 5) is 23.6. The highest BCUT2D eigenvalue weighted by molar-refractivity contribution is 5.98. The van der Waals surface area contributed by atoms with Crippen LogP contribution in [0.3, 0.4) is 0 Å². The van der Waals surface area contributed by atoms with E-state index in [0.29, 0.717) is 12.8 Å². The summed E-state index contributed by atoms with van der Waals surface area (Å²) in [5.74, 6) is -0.799. The third kappa shape index (κ3) is 2.99. The van der Waals surface area contributed by atoms with Gasteiger partial charge in [-0.2, -0.15) is 5.26 Å². The number of furan rings is 1. The largest absolute Gasteiger partial charge is 0.465 e.